The lowest BCUT2D eigenvalue weighted by atomic mass is 10.1. The highest BCUT2D eigenvalue weighted by atomic mass is 16.2. The van der Waals surface area contributed by atoms with E-state index in [2.05, 4.69) is 25.3 Å². The van der Waals surface area contributed by atoms with Gasteiger partial charge in [-0.25, -0.2) is 4.98 Å². The molecule has 7 heteroatoms. The van der Waals surface area contributed by atoms with E-state index in [-0.39, 0.29) is 11.9 Å². The van der Waals surface area contributed by atoms with Crippen LogP contribution in [0.4, 0.5) is 0 Å². The number of fused-ring (bicyclic) bond motifs is 1. The van der Waals surface area contributed by atoms with Crippen LogP contribution in [0, 0.1) is 0 Å². The molecule has 2 aromatic heterocycles. The van der Waals surface area contributed by atoms with E-state index in [0.717, 1.165) is 37.4 Å². The number of aromatic nitrogens is 4. The Hall–Kier alpha value is -2.93. The molecule has 0 spiro atoms. The standard InChI is InChI=1S/C19H22N6O/c26-19(17-13-24-12-10-20-9-7-18(24)22-17)23-16(14-25-11-4-8-21-25)15-5-2-1-3-6-15/h1-6,8,11,13,16,20H,7,9-10,12,14H2,(H,23,26). The third-order valence-corrected chi connectivity index (χ3v) is 4.58. The van der Waals surface area contributed by atoms with E-state index in [1.807, 2.05) is 53.5 Å². The monoisotopic (exact) mass is 350 g/mol. The Morgan fingerprint density at radius 3 is 2.92 bits per heavy atom. The third kappa shape index (κ3) is 3.67. The lowest BCUT2D eigenvalue weighted by molar-refractivity contribution is 0.0927. The summed E-state index contributed by atoms with van der Waals surface area (Å²) >= 11 is 0. The lowest BCUT2D eigenvalue weighted by Gasteiger charge is -2.19. The smallest absolute Gasteiger partial charge is 0.272 e. The first-order valence-corrected chi connectivity index (χ1v) is 8.89. The van der Waals surface area contributed by atoms with Crippen LogP contribution in [-0.4, -0.2) is 38.3 Å². The van der Waals surface area contributed by atoms with Gasteiger partial charge in [-0.2, -0.15) is 5.10 Å². The Balaban J connectivity index is 1.54. The van der Waals surface area contributed by atoms with Crippen molar-refractivity contribution in [2.45, 2.75) is 25.6 Å². The summed E-state index contributed by atoms with van der Waals surface area (Å²) in [7, 11) is 0. The molecule has 1 aliphatic rings. The average Bonchev–Trinajstić information content (AvgIpc) is 3.27. The van der Waals surface area contributed by atoms with Gasteiger partial charge in [-0.1, -0.05) is 30.3 Å². The van der Waals surface area contributed by atoms with E-state index >= 15 is 0 Å². The van der Waals surface area contributed by atoms with Crippen molar-refractivity contribution >= 4 is 5.91 Å². The fourth-order valence-electron chi connectivity index (χ4n) is 3.23. The van der Waals surface area contributed by atoms with E-state index in [0.29, 0.717) is 12.2 Å². The topological polar surface area (TPSA) is 76.8 Å². The summed E-state index contributed by atoms with van der Waals surface area (Å²) in [5.41, 5.74) is 1.52. The van der Waals surface area contributed by atoms with E-state index < -0.39 is 0 Å². The van der Waals surface area contributed by atoms with Crippen molar-refractivity contribution in [3.8, 4) is 0 Å². The van der Waals surface area contributed by atoms with Crippen LogP contribution in [0.25, 0.3) is 0 Å². The number of hydrogen-bond donors (Lipinski definition) is 2. The Labute approximate surface area is 152 Å². The molecule has 26 heavy (non-hydrogen) atoms. The predicted molar refractivity (Wildman–Crippen MR) is 97.7 cm³/mol. The van der Waals surface area contributed by atoms with E-state index in [9.17, 15) is 4.79 Å². The maximum atomic E-state index is 12.8. The normalized spacial score (nSPS) is 15.1. The van der Waals surface area contributed by atoms with Crippen molar-refractivity contribution in [2.75, 3.05) is 13.1 Å². The molecule has 3 heterocycles. The molecule has 0 fully saturated rings. The van der Waals surface area contributed by atoms with E-state index in [1.165, 1.54) is 0 Å². The fraction of sp³-hybridized carbons (Fsp3) is 0.316. The average molecular weight is 350 g/mol. The second kappa shape index (κ2) is 7.53. The second-order valence-corrected chi connectivity index (χ2v) is 6.40. The van der Waals surface area contributed by atoms with Gasteiger partial charge in [0.2, 0.25) is 0 Å². The lowest BCUT2D eigenvalue weighted by Crippen LogP contribution is -2.32. The number of carbonyl (C=O) groups is 1. The first-order chi connectivity index (χ1) is 12.8. The summed E-state index contributed by atoms with van der Waals surface area (Å²) in [5, 5.41) is 10.7. The molecular weight excluding hydrogens is 328 g/mol. The number of imidazole rings is 1. The molecule has 1 aliphatic heterocycles. The quantitative estimate of drug-likeness (QED) is 0.729. The van der Waals surface area contributed by atoms with Crippen LogP contribution in [0.2, 0.25) is 0 Å². The summed E-state index contributed by atoms with van der Waals surface area (Å²) in [4.78, 5) is 17.4. The van der Waals surface area contributed by atoms with Crippen molar-refractivity contribution in [1.29, 1.82) is 0 Å². The number of nitrogens with zero attached hydrogens (tertiary/aromatic N) is 4. The number of nitrogens with one attached hydrogen (secondary N) is 2. The highest BCUT2D eigenvalue weighted by Crippen LogP contribution is 2.16. The molecule has 0 radical (unpaired) electrons. The van der Waals surface area contributed by atoms with Crippen LogP contribution >= 0.6 is 0 Å². The largest absolute Gasteiger partial charge is 0.342 e. The summed E-state index contributed by atoms with van der Waals surface area (Å²) in [6.07, 6.45) is 6.33. The van der Waals surface area contributed by atoms with Crippen molar-refractivity contribution in [1.82, 2.24) is 30.0 Å². The van der Waals surface area contributed by atoms with Crippen LogP contribution in [-0.2, 0) is 19.5 Å². The summed E-state index contributed by atoms with van der Waals surface area (Å²) in [6.45, 7) is 3.20. The zero-order valence-electron chi connectivity index (χ0n) is 14.5. The fourth-order valence-corrected chi connectivity index (χ4v) is 3.23. The molecule has 0 bridgehead atoms. The molecule has 0 aliphatic carbocycles. The molecule has 0 saturated carbocycles. The molecule has 2 N–H and O–H groups in total. The van der Waals surface area contributed by atoms with Crippen molar-refractivity contribution < 1.29 is 4.79 Å². The number of hydrogen-bond acceptors (Lipinski definition) is 4. The predicted octanol–water partition coefficient (Wildman–Crippen LogP) is 1.40. The summed E-state index contributed by atoms with van der Waals surface area (Å²) in [5.74, 6) is 0.808. The minimum Gasteiger partial charge on any atom is -0.342 e. The second-order valence-electron chi connectivity index (χ2n) is 6.40. The SMILES string of the molecule is O=C(NC(Cn1cccn1)c1ccccc1)c1cn2c(n1)CCNCC2. The van der Waals surface area contributed by atoms with Crippen LogP contribution in [0.3, 0.4) is 0 Å². The minimum absolute atomic E-state index is 0.153. The maximum Gasteiger partial charge on any atom is 0.272 e. The molecule has 3 aromatic rings. The molecule has 7 nitrogen and oxygen atoms in total. The maximum absolute atomic E-state index is 12.8. The van der Waals surface area contributed by atoms with Crippen LogP contribution in [0.1, 0.15) is 27.9 Å². The molecular formula is C19H22N6O. The van der Waals surface area contributed by atoms with Gasteiger partial charge in [0.25, 0.3) is 5.91 Å². The number of amides is 1. The van der Waals surface area contributed by atoms with Crippen molar-refractivity contribution in [3.05, 3.63) is 72.1 Å². The zero-order chi connectivity index (χ0) is 17.8. The molecule has 134 valence electrons. The van der Waals surface area contributed by atoms with Crippen LogP contribution < -0.4 is 10.6 Å². The molecule has 0 saturated heterocycles. The molecule has 1 atom stereocenters. The van der Waals surface area contributed by atoms with E-state index in [4.69, 9.17) is 0 Å². The highest BCUT2D eigenvalue weighted by Gasteiger charge is 2.20. The highest BCUT2D eigenvalue weighted by molar-refractivity contribution is 5.92. The van der Waals surface area contributed by atoms with Crippen molar-refractivity contribution in [2.24, 2.45) is 0 Å². The Morgan fingerprint density at radius 2 is 2.12 bits per heavy atom. The first kappa shape index (κ1) is 16.5. The van der Waals surface area contributed by atoms with Gasteiger partial charge in [0, 0.05) is 44.6 Å². The molecule has 1 aromatic carbocycles. The van der Waals surface area contributed by atoms with Gasteiger partial charge >= 0.3 is 0 Å². The van der Waals surface area contributed by atoms with Gasteiger partial charge < -0.3 is 15.2 Å². The molecule has 4 rings (SSSR count). The first-order valence-electron chi connectivity index (χ1n) is 8.89. The zero-order valence-corrected chi connectivity index (χ0v) is 14.5. The van der Waals surface area contributed by atoms with Crippen molar-refractivity contribution in [3.63, 3.8) is 0 Å². The van der Waals surface area contributed by atoms with E-state index in [1.54, 1.807) is 6.20 Å². The van der Waals surface area contributed by atoms with Gasteiger partial charge in [-0.3, -0.25) is 9.48 Å². The van der Waals surface area contributed by atoms with Crippen LogP contribution in [0.5, 0.6) is 0 Å². The summed E-state index contributed by atoms with van der Waals surface area (Å²) in [6, 6.07) is 11.7. The van der Waals surface area contributed by atoms with Gasteiger partial charge in [-0.15, -0.1) is 0 Å². The summed E-state index contributed by atoms with van der Waals surface area (Å²) < 4.78 is 3.89. The number of rotatable bonds is 5. The molecule has 1 unspecified atom stereocenters. The van der Waals surface area contributed by atoms with Gasteiger partial charge in [0.15, 0.2) is 0 Å². The Bertz CT molecular complexity index is 832. The number of benzene rings is 1. The minimum atomic E-state index is -0.174. The van der Waals surface area contributed by atoms with Gasteiger partial charge in [0.05, 0.1) is 12.6 Å². The number of carbonyl (C=O) groups excluding carboxylic acids is 1. The third-order valence-electron chi connectivity index (χ3n) is 4.58. The molecule has 1 amide bonds. The Morgan fingerprint density at radius 1 is 1.23 bits per heavy atom. The Kier molecular flexibility index (Phi) is 4.79. The van der Waals surface area contributed by atoms with Gasteiger partial charge in [-0.05, 0) is 11.6 Å². The van der Waals surface area contributed by atoms with Gasteiger partial charge in [0.1, 0.15) is 11.5 Å². The van der Waals surface area contributed by atoms with Crippen LogP contribution in [0.15, 0.2) is 55.0 Å².